The molecule has 1 rings (SSSR count). The normalized spacial score (nSPS) is 10.2. The molecule has 0 spiro atoms. The topological polar surface area (TPSA) is 21.3 Å². The molecule has 1 aromatic carbocycles. The third-order valence-electron chi connectivity index (χ3n) is 1.61. The molecule has 0 bridgehead atoms. The molecule has 0 aliphatic carbocycles. The van der Waals surface area contributed by atoms with E-state index in [2.05, 4.69) is 36.7 Å². The van der Waals surface area contributed by atoms with Crippen molar-refractivity contribution in [1.82, 2.24) is 5.48 Å². The van der Waals surface area contributed by atoms with E-state index in [-0.39, 0.29) is 0 Å². The lowest BCUT2D eigenvalue weighted by Gasteiger charge is -2.03. The van der Waals surface area contributed by atoms with Gasteiger partial charge < -0.3 is 4.84 Å². The number of hydrogen-bond donors (Lipinski definition) is 1. The lowest BCUT2D eigenvalue weighted by molar-refractivity contribution is 0.0463. The summed E-state index contributed by atoms with van der Waals surface area (Å²) in [6.07, 6.45) is 0. The predicted octanol–water partition coefficient (Wildman–Crippen LogP) is 2.04. The second-order valence-corrected chi connectivity index (χ2v) is 2.74. The molecule has 0 heterocycles. The summed E-state index contributed by atoms with van der Waals surface area (Å²) < 4.78 is 0. The first-order chi connectivity index (χ1) is 5.83. The summed E-state index contributed by atoms with van der Waals surface area (Å²) in [4.78, 5) is 5.03. The largest absolute Gasteiger partial charge is 0.302 e. The minimum absolute atomic E-state index is 0.700. The summed E-state index contributed by atoms with van der Waals surface area (Å²) in [5.41, 5.74) is 5.41. The van der Waals surface area contributed by atoms with Crippen LogP contribution in [0.2, 0.25) is 0 Å². The molecular weight excluding hydrogens is 150 g/mol. The van der Waals surface area contributed by atoms with Gasteiger partial charge in [0.05, 0.1) is 6.61 Å². The Morgan fingerprint density at radius 3 is 2.92 bits per heavy atom. The molecule has 2 nitrogen and oxygen atoms in total. The standard InChI is InChI=1S/C10H15NO/c1-3-12-11-8-10-6-4-5-9(2)7-10/h4-7,11H,3,8H2,1-2H3. The van der Waals surface area contributed by atoms with Gasteiger partial charge in [-0.3, -0.25) is 0 Å². The second kappa shape index (κ2) is 4.91. The van der Waals surface area contributed by atoms with Gasteiger partial charge in [-0.1, -0.05) is 29.8 Å². The van der Waals surface area contributed by atoms with Crippen molar-refractivity contribution in [2.45, 2.75) is 20.4 Å². The first kappa shape index (κ1) is 9.23. The Hall–Kier alpha value is -0.860. The van der Waals surface area contributed by atoms with Crippen molar-refractivity contribution in [1.29, 1.82) is 0 Å². The third-order valence-corrected chi connectivity index (χ3v) is 1.61. The highest BCUT2D eigenvalue weighted by atomic mass is 16.6. The molecule has 12 heavy (non-hydrogen) atoms. The molecular formula is C10H15NO. The molecule has 0 aliphatic heterocycles. The quantitative estimate of drug-likeness (QED) is 0.544. The summed E-state index contributed by atoms with van der Waals surface area (Å²) in [5, 5.41) is 0. The van der Waals surface area contributed by atoms with Crippen molar-refractivity contribution in [3.8, 4) is 0 Å². The minimum atomic E-state index is 0.700. The lowest BCUT2D eigenvalue weighted by Crippen LogP contribution is -2.13. The van der Waals surface area contributed by atoms with Crippen molar-refractivity contribution >= 4 is 0 Å². The second-order valence-electron chi connectivity index (χ2n) is 2.74. The van der Waals surface area contributed by atoms with Crippen molar-refractivity contribution in [2.75, 3.05) is 6.61 Å². The van der Waals surface area contributed by atoms with Crippen molar-refractivity contribution in [3.05, 3.63) is 35.4 Å². The lowest BCUT2D eigenvalue weighted by atomic mass is 10.1. The minimum Gasteiger partial charge on any atom is -0.302 e. The summed E-state index contributed by atoms with van der Waals surface area (Å²) in [7, 11) is 0. The van der Waals surface area contributed by atoms with E-state index in [0.29, 0.717) is 6.61 Å². The van der Waals surface area contributed by atoms with Crippen LogP contribution in [0.3, 0.4) is 0 Å². The molecule has 0 amide bonds. The number of aryl methyl sites for hydroxylation is 1. The van der Waals surface area contributed by atoms with Gasteiger partial charge in [-0.15, -0.1) is 0 Å². The van der Waals surface area contributed by atoms with E-state index in [0.717, 1.165) is 6.54 Å². The Balaban J connectivity index is 2.41. The summed E-state index contributed by atoms with van der Waals surface area (Å²) in [6, 6.07) is 8.37. The first-order valence-electron chi connectivity index (χ1n) is 4.23. The van der Waals surface area contributed by atoms with Crippen LogP contribution in [0.15, 0.2) is 24.3 Å². The van der Waals surface area contributed by atoms with Gasteiger partial charge in [-0.05, 0) is 19.4 Å². The zero-order valence-electron chi connectivity index (χ0n) is 7.63. The Labute approximate surface area is 73.5 Å². The third kappa shape index (κ3) is 3.03. The van der Waals surface area contributed by atoms with Gasteiger partial charge in [-0.25, -0.2) is 0 Å². The van der Waals surface area contributed by atoms with Crippen LogP contribution in [0.25, 0.3) is 0 Å². The fraction of sp³-hybridized carbons (Fsp3) is 0.400. The van der Waals surface area contributed by atoms with Crippen molar-refractivity contribution in [2.24, 2.45) is 0 Å². The fourth-order valence-corrected chi connectivity index (χ4v) is 1.06. The monoisotopic (exact) mass is 165 g/mol. The fourth-order valence-electron chi connectivity index (χ4n) is 1.06. The van der Waals surface area contributed by atoms with Gasteiger partial charge in [0.15, 0.2) is 0 Å². The molecule has 0 fully saturated rings. The first-order valence-corrected chi connectivity index (χ1v) is 4.23. The SMILES string of the molecule is CCONCc1cccc(C)c1. The van der Waals surface area contributed by atoms with E-state index in [1.54, 1.807) is 0 Å². The maximum atomic E-state index is 5.03. The smallest absolute Gasteiger partial charge is 0.0654 e. The number of hydroxylamine groups is 1. The summed E-state index contributed by atoms with van der Waals surface area (Å²) in [5.74, 6) is 0. The predicted molar refractivity (Wildman–Crippen MR) is 49.6 cm³/mol. The highest BCUT2D eigenvalue weighted by molar-refractivity contribution is 5.21. The maximum Gasteiger partial charge on any atom is 0.0654 e. The van der Waals surface area contributed by atoms with Crippen LogP contribution in [0, 0.1) is 6.92 Å². The molecule has 0 unspecified atom stereocenters. The van der Waals surface area contributed by atoms with E-state index < -0.39 is 0 Å². The van der Waals surface area contributed by atoms with Crippen LogP contribution in [-0.2, 0) is 11.4 Å². The Bertz CT molecular complexity index is 235. The van der Waals surface area contributed by atoms with E-state index in [9.17, 15) is 0 Å². The zero-order valence-corrected chi connectivity index (χ0v) is 7.63. The highest BCUT2D eigenvalue weighted by Gasteiger charge is 1.91. The number of benzene rings is 1. The number of nitrogens with one attached hydrogen (secondary N) is 1. The molecule has 1 aromatic rings. The van der Waals surface area contributed by atoms with Gasteiger partial charge in [-0.2, -0.15) is 5.48 Å². The molecule has 2 heteroatoms. The molecule has 0 saturated carbocycles. The van der Waals surface area contributed by atoms with Crippen molar-refractivity contribution < 1.29 is 4.84 Å². The van der Waals surface area contributed by atoms with Crippen molar-refractivity contribution in [3.63, 3.8) is 0 Å². The van der Waals surface area contributed by atoms with Crippen LogP contribution in [0.4, 0.5) is 0 Å². The molecule has 0 atom stereocenters. The van der Waals surface area contributed by atoms with E-state index >= 15 is 0 Å². The van der Waals surface area contributed by atoms with Crippen LogP contribution in [0.5, 0.6) is 0 Å². The number of hydrogen-bond acceptors (Lipinski definition) is 2. The van der Waals surface area contributed by atoms with Crippen LogP contribution < -0.4 is 5.48 Å². The van der Waals surface area contributed by atoms with E-state index in [1.807, 2.05) is 6.92 Å². The average molecular weight is 165 g/mol. The molecule has 66 valence electrons. The van der Waals surface area contributed by atoms with E-state index in [4.69, 9.17) is 4.84 Å². The Kier molecular flexibility index (Phi) is 3.77. The van der Waals surface area contributed by atoms with Gasteiger partial charge in [0.1, 0.15) is 0 Å². The summed E-state index contributed by atoms with van der Waals surface area (Å²) >= 11 is 0. The maximum absolute atomic E-state index is 5.03. The molecule has 0 saturated heterocycles. The van der Waals surface area contributed by atoms with Gasteiger partial charge >= 0.3 is 0 Å². The van der Waals surface area contributed by atoms with Gasteiger partial charge in [0.25, 0.3) is 0 Å². The van der Waals surface area contributed by atoms with Gasteiger partial charge in [0.2, 0.25) is 0 Å². The van der Waals surface area contributed by atoms with E-state index in [1.165, 1.54) is 11.1 Å². The van der Waals surface area contributed by atoms with Crippen LogP contribution >= 0.6 is 0 Å². The molecule has 1 N–H and O–H groups in total. The zero-order chi connectivity index (χ0) is 8.81. The summed E-state index contributed by atoms with van der Waals surface area (Å²) in [6.45, 7) is 5.52. The number of rotatable bonds is 4. The average Bonchev–Trinajstić information content (AvgIpc) is 2.05. The highest BCUT2D eigenvalue weighted by Crippen LogP contribution is 2.02. The molecule has 0 aliphatic rings. The molecule has 0 radical (unpaired) electrons. The molecule has 0 aromatic heterocycles. The van der Waals surface area contributed by atoms with Crippen LogP contribution in [0.1, 0.15) is 18.1 Å². The van der Waals surface area contributed by atoms with Crippen LogP contribution in [-0.4, -0.2) is 6.61 Å². The Morgan fingerprint density at radius 1 is 1.42 bits per heavy atom. The Morgan fingerprint density at radius 2 is 2.25 bits per heavy atom. The van der Waals surface area contributed by atoms with Gasteiger partial charge in [0, 0.05) is 6.54 Å².